The number of hydrogen-bond acceptors (Lipinski definition) is 7. The molecule has 0 aliphatic carbocycles. The van der Waals surface area contributed by atoms with Crippen molar-refractivity contribution >= 4 is 40.6 Å². The number of benzene rings is 3. The Hall–Kier alpha value is -4.04. The molecule has 166 valence electrons. The second kappa shape index (κ2) is 10.1. The van der Waals surface area contributed by atoms with Gasteiger partial charge >= 0.3 is 5.97 Å². The first-order chi connectivity index (χ1) is 16.1. The first-order valence-electron chi connectivity index (χ1n) is 9.94. The third-order valence-corrected chi connectivity index (χ3v) is 5.56. The van der Waals surface area contributed by atoms with Crippen molar-refractivity contribution in [2.75, 3.05) is 14.2 Å². The Bertz CT molecular complexity index is 1240. The van der Waals surface area contributed by atoms with Gasteiger partial charge in [-0.2, -0.15) is 0 Å². The van der Waals surface area contributed by atoms with Crippen LogP contribution in [0.25, 0.3) is 6.08 Å². The zero-order valence-corrected chi connectivity index (χ0v) is 18.7. The zero-order chi connectivity index (χ0) is 23.2. The second-order valence-corrected chi connectivity index (χ2v) is 7.88. The molecule has 1 saturated heterocycles. The number of carbonyl (C=O) groups is 2. The van der Waals surface area contributed by atoms with Gasteiger partial charge in [-0.25, -0.2) is 9.79 Å². The highest BCUT2D eigenvalue weighted by Crippen LogP contribution is 2.32. The van der Waals surface area contributed by atoms with Crippen LogP contribution in [0.1, 0.15) is 15.9 Å². The molecule has 1 aliphatic rings. The van der Waals surface area contributed by atoms with E-state index in [1.54, 1.807) is 55.7 Å². The minimum Gasteiger partial charge on any atom is -0.497 e. The van der Waals surface area contributed by atoms with Gasteiger partial charge in [0.1, 0.15) is 5.75 Å². The summed E-state index contributed by atoms with van der Waals surface area (Å²) in [7, 11) is 3.04. The van der Waals surface area contributed by atoms with Crippen LogP contribution in [0.2, 0.25) is 0 Å². The van der Waals surface area contributed by atoms with Crippen molar-refractivity contribution in [2.45, 2.75) is 0 Å². The fraction of sp³-hybridized carbons (Fsp3) is 0.0800. The molecule has 33 heavy (non-hydrogen) atoms. The van der Waals surface area contributed by atoms with E-state index in [9.17, 15) is 9.59 Å². The number of nitrogens with one attached hydrogen (secondary N) is 1. The highest BCUT2D eigenvalue weighted by Gasteiger charge is 2.24. The Labute approximate surface area is 195 Å². The quantitative estimate of drug-likeness (QED) is 0.323. The van der Waals surface area contributed by atoms with Crippen LogP contribution in [0.15, 0.2) is 82.7 Å². The number of amidine groups is 1. The lowest BCUT2D eigenvalue weighted by molar-refractivity contribution is -0.115. The Morgan fingerprint density at radius 1 is 0.939 bits per heavy atom. The van der Waals surface area contributed by atoms with Gasteiger partial charge in [-0.15, -0.1) is 0 Å². The molecule has 3 aromatic rings. The topological polar surface area (TPSA) is 86.2 Å². The molecule has 0 radical (unpaired) electrons. The Kier molecular flexibility index (Phi) is 6.75. The molecule has 0 unspecified atom stereocenters. The molecule has 1 aliphatic heterocycles. The summed E-state index contributed by atoms with van der Waals surface area (Å²) in [6.07, 6.45) is 1.73. The smallest absolute Gasteiger partial charge is 0.343 e. The van der Waals surface area contributed by atoms with Crippen LogP contribution in [0.3, 0.4) is 0 Å². The van der Waals surface area contributed by atoms with Crippen molar-refractivity contribution in [3.63, 3.8) is 0 Å². The predicted molar refractivity (Wildman–Crippen MR) is 128 cm³/mol. The Balaban J connectivity index is 1.50. The van der Waals surface area contributed by atoms with E-state index in [4.69, 9.17) is 14.2 Å². The van der Waals surface area contributed by atoms with Crippen LogP contribution < -0.4 is 19.5 Å². The van der Waals surface area contributed by atoms with Crippen LogP contribution in [-0.2, 0) is 4.79 Å². The summed E-state index contributed by atoms with van der Waals surface area (Å²) in [4.78, 5) is 29.8. The molecule has 4 rings (SSSR count). The number of nitrogens with zero attached hydrogens (tertiary/aromatic N) is 1. The number of amides is 1. The zero-order valence-electron chi connectivity index (χ0n) is 17.9. The lowest BCUT2D eigenvalue weighted by Gasteiger charge is -2.10. The van der Waals surface area contributed by atoms with E-state index in [1.807, 2.05) is 30.3 Å². The van der Waals surface area contributed by atoms with Gasteiger partial charge < -0.3 is 19.5 Å². The molecule has 0 aromatic heterocycles. The summed E-state index contributed by atoms with van der Waals surface area (Å²) in [5.74, 6) is 0.536. The lowest BCUT2D eigenvalue weighted by atomic mass is 10.1. The molecule has 7 nitrogen and oxygen atoms in total. The van der Waals surface area contributed by atoms with E-state index in [-0.39, 0.29) is 11.7 Å². The molecule has 0 bridgehead atoms. The Morgan fingerprint density at radius 2 is 1.70 bits per heavy atom. The van der Waals surface area contributed by atoms with Crippen molar-refractivity contribution in [3.05, 3.63) is 88.8 Å². The highest BCUT2D eigenvalue weighted by molar-refractivity contribution is 8.18. The molecule has 1 N–H and O–H groups in total. The van der Waals surface area contributed by atoms with Crippen LogP contribution in [0.5, 0.6) is 17.2 Å². The van der Waals surface area contributed by atoms with Crippen LogP contribution in [-0.4, -0.2) is 31.3 Å². The lowest BCUT2D eigenvalue weighted by Crippen LogP contribution is -2.19. The average molecular weight is 461 g/mol. The molecule has 1 heterocycles. The number of para-hydroxylation sites is 1. The van der Waals surface area contributed by atoms with Crippen LogP contribution in [0, 0.1) is 0 Å². The van der Waals surface area contributed by atoms with Crippen molar-refractivity contribution in [1.29, 1.82) is 0 Å². The third kappa shape index (κ3) is 5.42. The standard InChI is InChI=1S/C25H20N2O5S/c1-30-19-11-9-17(10-12-19)24(29)32-20-13-8-16(14-21(20)31-2)15-22-23(28)27-25(33-22)26-18-6-4-3-5-7-18/h3-15H,1-2H3,(H,26,27,28)/b22-15-. The van der Waals surface area contributed by atoms with Gasteiger partial charge in [0.25, 0.3) is 5.91 Å². The molecule has 1 fully saturated rings. The molecular weight excluding hydrogens is 440 g/mol. The molecule has 0 saturated carbocycles. The minimum absolute atomic E-state index is 0.233. The predicted octanol–water partition coefficient (Wildman–Crippen LogP) is 4.81. The second-order valence-electron chi connectivity index (χ2n) is 6.85. The van der Waals surface area contributed by atoms with E-state index in [1.165, 1.54) is 18.9 Å². The SMILES string of the molecule is COc1ccc(C(=O)Oc2ccc(/C=C3\SC(=Nc4ccccc4)NC3=O)cc2OC)cc1. The number of aliphatic imine (C=N–C) groups is 1. The molecular formula is C25H20N2O5S. The minimum atomic E-state index is -0.519. The van der Waals surface area contributed by atoms with Gasteiger partial charge in [-0.1, -0.05) is 24.3 Å². The maximum atomic E-state index is 12.5. The third-order valence-electron chi connectivity index (χ3n) is 4.65. The van der Waals surface area contributed by atoms with Gasteiger partial charge in [-0.3, -0.25) is 4.79 Å². The van der Waals surface area contributed by atoms with Gasteiger partial charge in [0, 0.05) is 0 Å². The first-order valence-corrected chi connectivity index (χ1v) is 10.8. The number of hydrogen-bond donors (Lipinski definition) is 1. The van der Waals surface area contributed by atoms with Crippen LogP contribution >= 0.6 is 11.8 Å². The molecule has 8 heteroatoms. The maximum Gasteiger partial charge on any atom is 0.343 e. The van der Waals surface area contributed by atoms with E-state index < -0.39 is 5.97 Å². The van der Waals surface area contributed by atoms with Gasteiger partial charge in [0.05, 0.1) is 30.4 Å². The highest BCUT2D eigenvalue weighted by atomic mass is 32.2. The van der Waals surface area contributed by atoms with E-state index >= 15 is 0 Å². The van der Waals surface area contributed by atoms with Crippen molar-refractivity contribution in [3.8, 4) is 17.2 Å². The van der Waals surface area contributed by atoms with Crippen LogP contribution in [0.4, 0.5) is 5.69 Å². The summed E-state index contributed by atoms with van der Waals surface area (Å²) in [6, 6.07) is 21.1. The van der Waals surface area contributed by atoms with Gasteiger partial charge in [0.2, 0.25) is 0 Å². The largest absolute Gasteiger partial charge is 0.497 e. The number of carbonyl (C=O) groups excluding carboxylic acids is 2. The maximum absolute atomic E-state index is 12.5. The number of methoxy groups -OCH3 is 2. The summed E-state index contributed by atoms with van der Waals surface area (Å²) < 4.78 is 16.0. The molecule has 1 amide bonds. The average Bonchev–Trinajstić information content (AvgIpc) is 3.18. The normalized spacial score (nSPS) is 15.4. The monoisotopic (exact) mass is 460 g/mol. The van der Waals surface area contributed by atoms with Crippen molar-refractivity contribution < 1.29 is 23.8 Å². The van der Waals surface area contributed by atoms with Gasteiger partial charge in [0.15, 0.2) is 16.7 Å². The van der Waals surface area contributed by atoms with Crippen molar-refractivity contribution in [2.24, 2.45) is 4.99 Å². The first kappa shape index (κ1) is 22.2. The molecule has 3 aromatic carbocycles. The summed E-state index contributed by atoms with van der Waals surface area (Å²) in [6.45, 7) is 0. The number of esters is 1. The number of thioether (sulfide) groups is 1. The fourth-order valence-corrected chi connectivity index (χ4v) is 3.84. The summed E-state index contributed by atoms with van der Waals surface area (Å²) >= 11 is 1.25. The fourth-order valence-electron chi connectivity index (χ4n) is 3.00. The summed E-state index contributed by atoms with van der Waals surface area (Å²) in [5, 5.41) is 3.27. The molecule has 0 spiro atoms. The number of ether oxygens (including phenoxy) is 3. The molecule has 0 atom stereocenters. The number of rotatable bonds is 6. The van der Waals surface area contributed by atoms with Crippen molar-refractivity contribution in [1.82, 2.24) is 5.32 Å². The van der Waals surface area contributed by atoms with E-state index in [2.05, 4.69) is 10.3 Å². The van der Waals surface area contributed by atoms with E-state index in [0.29, 0.717) is 27.1 Å². The van der Waals surface area contributed by atoms with E-state index in [0.717, 1.165) is 11.3 Å². The Morgan fingerprint density at radius 3 is 2.39 bits per heavy atom. The summed E-state index contributed by atoms with van der Waals surface area (Å²) in [5.41, 5.74) is 1.86. The van der Waals surface area contributed by atoms with Gasteiger partial charge in [-0.05, 0) is 71.9 Å².